The van der Waals surface area contributed by atoms with Crippen LogP contribution in [0.25, 0.3) is 0 Å². The van der Waals surface area contributed by atoms with Crippen LogP contribution in [0.1, 0.15) is 29.6 Å². The van der Waals surface area contributed by atoms with E-state index in [2.05, 4.69) is 31.3 Å². The normalized spacial score (nSPS) is 10.7. The Balaban J connectivity index is 1.97. The monoisotopic (exact) mass is 259 g/mol. The van der Waals surface area contributed by atoms with Crippen LogP contribution in [0.15, 0.2) is 34.7 Å². The second-order valence-electron chi connectivity index (χ2n) is 4.68. The summed E-state index contributed by atoms with van der Waals surface area (Å²) >= 11 is 0. The molecule has 0 aliphatic carbocycles. The Hall–Kier alpha value is -1.74. The predicted octanol–water partition coefficient (Wildman–Crippen LogP) is 3.58. The van der Waals surface area contributed by atoms with Gasteiger partial charge in [0.05, 0.1) is 6.54 Å². The highest BCUT2D eigenvalue weighted by Crippen LogP contribution is 2.19. The van der Waals surface area contributed by atoms with Gasteiger partial charge in [-0.2, -0.15) is 0 Å². The van der Waals surface area contributed by atoms with E-state index in [0.29, 0.717) is 6.61 Å². The molecule has 0 unspecified atom stereocenters. The molecule has 1 N–H and O–H groups in total. The maximum absolute atomic E-state index is 5.79. The molecular weight excluding hydrogens is 238 g/mol. The SMILES string of the molecule is CCNCc1cc(COc2cccc(C)c2)c(C)o1. The molecule has 0 bridgehead atoms. The molecule has 2 aromatic rings. The molecule has 3 nitrogen and oxygen atoms in total. The van der Waals surface area contributed by atoms with Gasteiger partial charge in [-0.15, -0.1) is 0 Å². The van der Waals surface area contributed by atoms with Gasteiger partial charge in [-0.05, 0) is 44.2 Å². The predicted molar refractivity (Wildman–Crippen MR) is 76.3 cm³/mol. The van der Waals surface area contributed by atoms with Crippen LogP contribution in [-0.2, 0) is 13.2 Å². The molecule has 0 amide bonds. The molecule has 0 saturated heterocycles. The molecule has 19 heavy (non-hydrogen) atoms. The molecular formula is C16H21NO2. The Morgan fingerprint density at radius 3 is 2.79 bits per heavy atom. The van der Waals surface area contributed by atoms with Gasteiger partial charge in [0.2, 0.25) is 0 Å². The van der Waals surface area contributed by atoms with Crippen LogP contribution in [-0.4, -0.2) is 6.54 Å². The molecule has 0 radical (unpaired) electrons. The zero-order valence-corrected chi connectivity index (χ0v) is 11.8. The van der Waals surface area contributed by atoms with Crippen LogP contribution >= 0.6 is 0 Å². The van der Waals surface area contributed by atoms with Crippen molar-refractivity contribution in [1.82, 2.24) is 5.32 Å². The number of hydrogen-bond acceptors (Lipinski definition) is 3. The summed E-state index contributed by atoms with van der Waals surface area (Å²) in [4.78, 5) is 0. The summed E-state index contributed by atoms with van der Waals surface area (Å²) in [6, 6.07) is 10.1. The van der Waals surface area contributed by atoms with Crippen LogP contribution in [0.3, 0.4) is 0 Å². The van der Waals surface area contributed by atoms with Gasteiger partial charge in [0, 0.05) is 5.56 Å². The first-order chi connectivity index (χ1) is 9.19. The molecule has 2 rings (SSSR count). The fourth-order valence-electron chi connectivity index (χ4n) is 1.93. The van der Waals surface area contributed by atoms with Crippen molar-refractivity contribution in [2.75, 3.05) is 6.54 Å². The number of aryl methyl sites for hydroxylation is 2. The summed E-state index contributed by atoms with van der Waals surface area (Å²) in [5.74, 6) is 2.79. The molecule has 0 aliphatic heterocycles. The number of ether oxygens (including phenoxy) is 1. The van der Waals surface area contributed by atoms with E-state index in [1.807, 2.05) is 25.1 Å². The van der Waals surface area contributed by atoms with Crippen LogP contribution in [0.5, 0.6) is 5.75 Å². The van der Waals surface area contributed by atoms with Gasteiger partial charge < -0.3 is 14.5 Å². The van der Waals surface area contributed by atoms with Crippen molar-refractivity contribution in [3.63, 3.8) is 0 Å². The lowest BCUT2D eigenvalue weighted by atomic mass is 10.2. The maximum Gasteiger partial charge on any atom is 0.120 e. The molecule has 1 aromatic carbocycles. The zero-order chi connectivity index (χ0) is 13.7. The van der Waals surface area contributed by atoms with Crippen molar-refractivity contribution >= 4 is 0 Å². The second-order valence-corrected chi connectivity index (χ2v) is 4.68. The molecule has 0 aliphatic rings. The van der Waals surface area contributed by atoms with Gasteiger partial charge in [-0.1, -0.05) is 19.1 Å². The smallest absolute Gasteiger partial charge is 0.120 e. The lowest BCUT2D eigenvalue weighted by molar-refractivity contribution is 0.303. The molecule has 0 spiro atoms. The first-order valence-corrected chi connectivity index (χ1v) is 6.67. The molecule has 1 aromatic heterocycles. The Morgan fingerprint density at radius 1 is 1.21 bits per heavy atom. The summed E-state index contributed by atoms with van der Waals surface area (Å²) < 4.78 is 11.5. The van der Waals surface area contributed by atoms with Crippen molar-refractivity contribution in [3.8, 4) is 5.75 Å². The van der Waals surface area contributed by atoms with Gasteiger partial charge in [-0.3, -0.25) is 0 Å². The highest BCUT2D eigenvalue weighted by Gasteiger charge is 2.07. The molecule has 3 heteroatoms. The van der Waals surface area contributed by atoms with Gasteiger partial charge in [0.15, 0.2) is 0 Å². The Kier molecular flexibility index (Phi) is 4.63. The number of nitrogens with one attached hydrogen (secondary N) is 1. The van der Waals surface area contributed by atoms with E-state index < -0.39 is 0 Å². The number of benzene rings is 1. The Morgan fingerprint density at radius 2 is 2.05 bits per heavy atom. The van der Waals surface area contributed by atoms with E-state index in [1.54, 1.807) is 0 Å². The lowest BCUT2D eigenvalue weighted by Gasteiger charge is -2.05. The Labute approximate surface area is 114 Å². The number of rotatable bonds is 6. The highest BCUT2D eigenvalue weighted by atomic mass is 16.5. The average molecular weight is 259 g/mol. The van der Waals surface area contributed by atoms with Crippen LogP contribution in [0.4, 0.5) is 0 Å². The third-order valence-corrected chi connectivity index (χ3v) is 3.00. The van der Waals surface area contributed by atoms with Gasteiger partial charge in [0.25, 0.3) is 0 Å². The first kappa shape index (κ1) is 13.7. The third-order valence-electron chi connectivity index (χ3n) is 3.00. The zero-order valence-electron chi connectivity index (χ0n) is 11.8. The molecule has 0 saturated carbocycles. The van der Waals surface area contributed by atoms with Gasteiger partial charge >= 0.3 is 0 Å². The standard InChI is InChI=1S/C16H21NO2/c1-4-17-10-16-9-14(13(3)19-16)11-18-15-7-5-6-12(2)8-15/h5-9,17H,4,10-11H2,1-3H3. The number of hydrogen-bond donors (Lipinski definition) is 1. The molecule has 0 atom stereocenters. The minimum absolute atomic E-state index is 0.547. The van der Waals surface area contributed by atoms with Crippen LogP contribution in [0.2, 0.25) is 0 Å². The van der Waals surface area contributed by atoms with Crippen molar-refractivity contribution < 1.29 is 9.15 Å². The maximum atomic E-state index is 5.79. The second kappa shape index (κ2) is 6.43. The summed E-state index contributed by atoms with van der Waals surface area (Å²) in [5, 5.41) is 3.25. The lowest BCUT2D eigenvalue weighted by Crippen LogP contribution is -2.10. The van der Waals surface area contributed by atoms with Crippen LogP contribution in [0, 0.1) is 13.8 Å². The summed E-state index contributed by atoms with van der Waals surface area (Å²) in [5.41, 5.74) is 2.31. The van der Waals surface area contributed by atoms with E-state index in [4.69, 9.17) is 9.15 Å². The van der Waals surface area contributed by atoms with Crippen LogP contribution < -0.4 is 10.1 Å². The molecule has 1 heterocycles. The van der Waals surface area contributed by atoms with Gasteiger partial charge in [-0.25, -0.2) is 0 Å². The minimum atomic E-state index is 0.547. The van der Waals surface area contributed by atoms with Crippen molar-refractivity contribution in [2.45, 2.75) is 33.9 Å². The van der Waals surface area contributed by atoms with E-state index in [-0.39, 0.29) is 0 Å². The minimum Gasteiger partial charge on any atom is -0.489 e. The Bertz CT molecular complexity index is 531. The first-order valence-electron chi connectivity index (χ1n) is 6.67. The van der Waals surface area contributed by atoms with Crippen molar-refractivity contribution in [3.05, 3.63) is 53.0 Å². The fraction of sp³-hybridized carbons (Fsp3) is 0.375. The summed E-state index contributed by atoms with van der Waals surface area (Å²) in [6.07, 6.45) is 0. The average Bonchev–Trinajstić information content (AvgIpc) is 2.75. The van der Waals surface area contributed by atoms with Gasteiger partial charge in [0.1, 0.15) is 23.9 Å². The quantitative estimate of drug-likeness (QED) is 0.861. The topological polar surface area (TPSA) is 34.4 Å². The van der Waals surface area contributed by atoms with E-state index in [0.717, 1.165) is 35.9 Å². The van der Waals surface area contributed by atoms with E-state index >= 15 is 0 Å². The number of furan rings is 1. The van der Waals surface area contributed by atoms with E-state index in [1.165, 1.54) is 5.56 Å². The summed E-state index contributed by atoms with van der Waals surface area (Å²) in [7, 11) is 0. The highest BCUT2D eigenvalue weighted by molar-refractivity contribution is 5.28. The largest absolute Gasteiger partial charge is 0.489 e. The molecule has 0 fully saturated rings. The van der Waals surface area contributed by atoms with E-state index in [9.17, 15) is 0 Å². The van der Waals surface area contributed by atoms with Crippen molar-refractivity contribution in [2.24, 2.45) is 0 Å². The summed E-state index contributed by atoms with van der Waals surface area (Å²) in [6.45, 7) is 8.37. The van der Waals surface area contributed by atoms with Crippen molar-refractivity contribution in [1.29, 1.82) is 0 Å². The molecule has 102 valence electrons. The third kappa shape index (κ3) is 3.86. The fourth-order valence-corrected chi connectivity index (χ4v) is 1.93.